The molecule has 0 aliphatic heterocycles. The quantitative estimate of drug-likeness (QED) is 0.669. The van der Waals surface area contributed by atoms with Gasteiger partial charge in [0.2, 0.25) is 0 Å². The highest BCUT2D eigenvalue weighted by Gasteiger charge is 2.21. The van der Waals surface area contributed by atoms with E-state index in [9.17, 15) is 4.79 Å². The molecule has 7 heteroatoms. The topological polar surface area (TPSA) is 85.6 Å². The first-order chi connectivity index (χ1) is 13.2. The van der Waals surface area contributed by atoms with Crippen LogP contribution in [0.15, 0.2) is 54.7 Å². The van der Waals surface area contributed by atoms with Crippen LogP contribution in [-0.2, 0) is 0 Å². The summed E-state index contributed by atoms with van der Waals surface area (Å²) in [5, 5.41) is 16.3. The third-order valence-corrected chi connectivity index (χ3v) is 4.04. The van der Waals surface area contributed by atoms with E-state index in [0.717, 1.165) is 5.69 Å². The van der Waals surface area contributed by atoms with Gasteiger partial charge in [0.05, 0.1) is 32.1 Å². The summed E-state index contributed by atoms with van der Waals surface area (Å²) in [6.45, 7) is 0.0221. The molecule has 0 bridgehead atoms. The molecule has 0 fully saturated rings. The number of para-hydroxylation sites is 1. The van der Waals surface area contributed by atoms with Crippen molar-refractivity contribution in [1.82, 2.24) is 15.1 Å². The molecule has 0 aliphatic carbocycles. The molecule has 1 amide bonds. The van der Waals surface area contributed by atoms with E-state index in [1.807, 2.05) is 30.3 Å². The molecule has 0 saturated heterocycles. The van der Waals surface area contributed by atoms with Crippen molar-refractivity contribution >= 4 is 5.91 Å². The highest BCUT2D eigenvalue weighted by molar-refractivity contribution is 6.00. The van der Waals surface area contributed by atoms with Crippen molar-refractivity contribution in [3.63, 3.8) is 0 Å². The van der Waals surface area contributed by atoms with Gasteiger partial charge in [0.25, 0.3) is 5.91 Å². The number of hydrogen-bond acceptors (Lipinski definition) is 5. The smallest absolute Gasteiger partial charge is 0.255 e. The van der Waals surface area contributed by atoms with Gasteiger partial charge < -0.3 is 19.9 Å². The van der Waals surface area contributed by atoms with E-state index in [0.29, 0.717) is 28.3 Å². The highest BCUT2D eigenvalue weighted by atomic mass is 16.5. The Bertz CT molecular complexity index is 922. The summed E-state index contributed by atoms with van der Waals surface area (Å²) in [7, 11) is 3.13. The summed E-state index contributed by atoms with van der Waals surface area (Å²) in [6.07, 6.45) is 1.67. The predicted octanol–water partition coefficient (Wildman–Crippen LogP) is 2.28. The Balaban J connectivity index is 2.13. The van der Waals surface area contributed by atoms with E-state index in [-0.39, 0.29) is 19.1 Å². The molecular formula is C20H21N3O4. The molecule has 0 saturated carbocycles. The van der Waals surface area contributed by atoms with E-state index in [2.05, 4.69) is 10.4 Å². The summed E-state index contributed by atoms with van der Waals surface area (Å²) >= 11 is 0. The molecule has 2 N–H and O–H groups in total. The zero-order valence-corrected chi connectivity index (χ0v) is 15.2. The number of amides is 1. The fourth-order valence-corrected chi connectivity index (χ4v) is 2.71. The van der Waals surface area contributed by atoms with Crippen LogP contribution in [0.25, 0.3) is 16.9 Å². The lowest BCUT2D eigenvalue weighted by Gasteiger charge is -2.10. The molecule has 3 rings (SSSR count). The van der Waals surface area contributed by atoms with Gasteiger partial charge in [-0.2, -0.15) is 5.10 Å². The number of ether oxygens (including phenoxy) is 2. The van der Waals surface area contributed by atoms with Crippen LogP contribution in [0.1, 0.15) is 10.4 Å². The number of aliphatic hydroxyl groups excluding tert-OH is 1. The minimum absolute atomic E-state index is 0.139. The Morgan fingerprint density at radius 3 is 2.59 bits per heavy atom. The van der Waals surface area contributed by atoms with Gasteiger partial charge in [0.1, 0.15) is 17.2 Å². The van der Waals surface area contributed by atoms with Crippen LogP contribution in [0.2, 0.25) is 0 Å². The fraction of sp³-hybridized carbons (Fsp3) is 0.200. The normalized spacial score (nSPS) is 10.5. The molecule has 27 heavy (non-hydrogen) atoms. The van der Waals surface area contributed by atoms with Crippen LogP contribution in [0.4, 0.5) is 0 Å². The first kappa shape index (κ1) is 18.5. The maximum absolute atomic E-state index is 12.6. The predicted molar refractivity (Wildman–Crippen MR) is 102 cm³/mol. The maximum atomic E-state index is 12.6. The molecule has 0 atom stereocenters. The molecule has 3 aromatic rings. The Labute approximate surface area is 157 Å². The minimum atomic E-state index is -0.320. The van der Waals surface area contributed by atoms with Crippen molar-refractivity contribution in [3.8, 4) is 28.4 Å². The number of carbonyl (C=O) groups excluding carboxylic acids is 1. The lowest BCUT2D eigenvalue weighted by atomic mass is 10.1. The van der Waals surface area contributed by atoms with Crippen LogP contribution in [0.3, 0.4) is 0 Å². The van der Waals surface area contributed by atoms with Crippen LogP contribution in [-0.4, -0.2) is 48.2 Å². The van der Waals surface area contributed by atoms with Gasteiger partial charge in [-0.15, -0.1) is 0 Å². The number of benzene rings is 2. The fourth-order valence-electron chi connectivity index (χ4n) is 2.71. The molecule has 2 aromatic carbocycles. The van der Waals surface area contributed by atoms with Gasteiger partial charge >= 0.3 is 0 Å². The molecular weight excluding hydrogens is 346 g/mol. The number of nitrogens with one attached hydrogen (secondary N) is 1. The summed E-state index contributed by atoms with van der Waals surface area (Å²) in [4.78, 5) is 12.6. The Morgan fingerprint density at radius 1 is 1.15 bits per heavy atom. The molecule has 0 unspecified atom stereocenters. The summed E-state index contributed by atoms with van der Waals surface area (Å²) in [6, 6.07) is 14.8. The van der Waals surface area contributed by atoms with Crippen molar-refractivity contribution in [1.29, 1.82) is 0 Å². The van der Waals surface area contributed by atoms with E-state index in [1.54, 1.807) is 43.3 Å². The van der Waals surface area contributed by atoms with E-state index < -0.39 is 0 Å². The number of carbonyl (C=O) groups is 1. The molecule has 0 radical (unpaired) electrons. The lowest BCUT2D eigenvalue weighted by Crippen LogP contribution is -2.26. The largest absolute Gasteiger partial charge is 0.497 e. The second-order valence-electron chi connectivity index (χ2n) is 5.72. The van der Waals surface area contributed by atoms with E-state index in [4.69, 9.17) is 14.6 Å². The van der Waals surface area contributed by atoms with Crippen LogP contribution in [0, 0.1) is 0 Å². The molecule has 1 heterocycles. The average molecular weight is 367 g/mol. The average Bonchev–Trinajstić information content (AvgIpc) is 3.17. The molecule has 140 valence electrons. The lowest BCUT2D eigenvalue weighted by molar-refractivity contribution is 0.0945. The highest BCUT2D eigenvalue weighted by Crippen LogP contribution is 2.34. The Hall–Kier alpha value is -3.32. The summed E-state index contributed by atoms with van der Waals surface area (Å²) in [5.41, 5.74) is 2.36. The third-order valence-electron chi connectivity index (χ3n) is 4.04. The molecule has 1 aromatic heterocycles. The van der Waals surface area contributed by atoms with Crippen LogP contribution >= 0.6 is 0 Å². The number of rotatable bonds is 7. The van der Waals surface area contributed by atoms with Crippen molar-refractivity contribution in [3.05, 3.63) is 60.3 Å². The Morgan fingerprint density at radius 2 is 1.93 bits per heavy atom. The van der Waals surface area contributed by atoms with Gasteiger partial charge in [-0.1, -0.05) is 18.2 Å². The summed E-state index contributed by atoms with van der Waals surface area (Å²) in [5.74, 6) is 0.868. The minimum Gasteiger partial charge on any atom is -0.497 e. The number of methoxy groups -OCH3 is 2. The second-order valence-corrected chi connectivity index (χ2v) is 5.72. The van der Waals surface area contributed by atoms with Gasteiger partial charge in [-0.25, -0.2) is 4.68 Å². The van der Waals surface area contributed by atoms with Crippen molar-refractivity contribution < 1.29 is 19.4 Å². The molecule has 0 aliphatic rings. The second kappa shape index (κ2) is 8.37. The monoisotopic (exact) mass is 367 g/mol. The first-order valence-corrected chi connectivity index (χ1v) is 8.44. The standard InChI is InChI=1S/C20H21N3O4/c1-26-15-8-9-16(18(12-15)27-2)19-17(20(25)21-10-11-24)13-23(22-19)14-6-4-3-5-7-14/h3-9,12-13,24H,10-11H2,1-2H3,(H,21,25). The molecule has 0 spiro atoms. The zero-order valence-electron chi connectivity index (χ0n) is 15.2. The van der Waals surface area contributed by atoms with Crippen molar-refractivity contribution in [2.75, 3.05) is 27.4 Å². The van der Waals surface area contributed by atoms with E-state index >= 15 is 0 Å². The molecule has 7 nitrogen and oxygen atoms in total. The number of aromatic nitrogens is 2. The van der Waals surface area contributed by atoms with Crippen LogP contribution in [0.5, 0.6) is 11.5 Å². The van der Waals surface area contributed by atoms with Crippen LogP contribution < -0.4 is 14.8 Å². The third kappa shape index (κ3) is 3.93. The number of nitrogens with zero attached hydrogens (tertiary/aromatic N) is 2. The summed E-state index contributed by atoms with van der Waals surface area (Å²) < 4.78 is 12.4. The van der Waals surface area contributed by atoms with Crippen molar-refractivity contribution in [2.45, 2.75) is 0 Å². The zero-order chi connectivity index (χ0) is 19.2. The van der Waals surface area contributed by atoms with Crippen molar-refractivity contribution in [2.24, 2.45) is 0 Å². The van der Waals surface area contributed by atoms with Gasteiger partial charge in [-0.05, 0) is 24.3 Å². The Kier molecular flexibility index (Phi) is 5.73. The van der Waals surface area contributed by atoms with E-state index in [1.165, 1.54) is 0 Å². The van der Waals surface area contributed by atoms with Gasteiger partial charge in [0, 0.05) is 24.4 Å². The maximum Gasteiger partial charge on any atom is 0.255 e. The first-order valence-electron chi connectivity index (χ1n) is 8.44. The number of hydrogen-bond donors (Lipinski definition) is 2. The SMILES string of the molecule is COc1ccc(-c2nn(-c3ccccc3)cc2C(=O)NCCO)c(OC)c1. The van der Waals surface area contributed by atoms with Gasteiger partial charge in [0.15, 0.2) is 0 Å². The van der Waals surface area contributed by atoms with Gasteiger partial charge in [-0.3, -0.25) is 4.79 Å². The number of aliphatic hydroxyl groups is 1.